The molecule has 0 aliphatic carbocycles. The number of nitrogen functional groups attached to an aromatic ring is 1. The van der Waals surface area contributed by atoms with Gasteiger partial charge in [-0.25, -0.2) is 10.8 Å². The summed E-state index contributed by atoms with van der Waals surface area (Å²) in [5.41, 5.74) is 5.05. The average molecular weight is 285 g/mol. The minimum atomic E-state index is 0.0164. The number of hydrogen-bond acceptors (Lipinski definition) is 4. The molecule has 0 saturated heterocycles. The van der Waals surface area contributed by atoms with Crippen LogP contribution < -0.4 is 16.0 Å². The highest BCUT2D eigenvalue weighted by Crippen LogP contribution is 2.35. The molecular weight excluding hydrogens is 262 g/mol. The predicted molar refractivity (Wildman–Crippen MR) is 86.6 cm³/mol. The fourth-order valence-corrected chi connectivity index (χ4v) is 2.15. The van der Waals surface area contributed by atoms with E-state index in [0.29, 0.717) is 11.6 Å². The molecule has 0 aliphatic heterocycles. The van der Waals surface area contributed by atoms with Crippen molar-refractivity contribution in [3.8, 4) is 11.5 Å². The van der Waals surface area contributed by atoms with E-state index < -0.39 is 0 Å². The standard InChI is InChI=1S/C17H23N3O/c1-5-12-6-7-15(14(10-12)17(2,3)4)21-13-8-9-19-16(11-13)20-18/h6-11H,5,18H2,1-4H3,(H,19,20). The van der Waals surface area contributed by atoms with Crippen molar-refractivity contribution in [1.82, 2.24) is 4.98 Å². The Balaban J connectivity index is 2.39. The molecule has 4 nitrogen and oxygen atoms in total. The van der Waals surface area contributed by atoms with E-state index in [2.05, 4.69) is 50.2 Å². The number of benzene rings is 1. The van der Waals surface area contributed by atoms with E-state index in [-0.39, 0.29) is 5.41 Å². The van der Waals surface area contributed by atoms with E-state index >= 15 is 0 Å². The summed E-state index contributed by atoms with van der Waals surface area (Å²) in [6, 6.07) is 9.96. The maximum absolute atomic E-state index is 6.04. The molecule has 1 aromatic heterocycles. The number of nitrogens with two attached hydrogens (primary N) is 1. The Morgan fingerprint density at radius 2 is 1.95 bits per heavy atom. The van der Waals surface area contributed by atoms with Gasteiger partial charge in [0.15, 0.2) is 0 Å². The number of rotatable bonds is 4. The van der Waals surface area contributed by atoms with Crippen molar-refractivity contribution in [2.45, 2.75) is 39.5 Å². The molecule has 0 radical (unpaired) electrons. The van der Waals surface area contributed by atoms with Crippen molar-refractivity contribution in [3.63, 3.8) is 0 Å². The molecule has 0 bridgehead atoms. The third-order valence-electron chi connectivity index (χ3n) is 3.37. The zero-order valence-electron chi connectivity index (χ0n) is 13.1. The van der Waals surface area contributed by atoms with Gasteiger partial charge in [0.1, 0.15) is 17.3 Å². The molecule has 1 aromatic carbocycles. The molecule has 3 N–H and O–H groups in total. The number of hydrogen-bond donors (Lipinski definition) is 2. The number of anilines is 1. The van der Waals surface area contributed by atoms with Gasteiger partial charge in [0, 0.05) is 17.8 Å². The van der Waals surface area contributed by atoms with E-state index in [1.807, 2.05) is 12.1 Å². The van der Waals surface area contributed by atoms with Crippen molar-refractivity contribution in [2.24, 2.45) is 5.84 Å². The topological polar surface area (TPSA) is 60.2 Å². The lowest BCUT2D eigenvalue weighted by Gasteiger charge is -2.23. The van der Waals surface area contributed by atoms with Crippen LogP contribution in [0.2, 0.25) is 0 Å². The Kier molecular flexibility index (Phi) is 4.48. The molecular formula is C17H23N3O. The fraction of sp³-hybridized carbons (Fsp3) is 0.353. The zero-order valence-corrected chi connectivity index (χ0v) is 13.1. The Morgan fingerprint density at radius 1 is 1.19 bits per heavy atom. The van der Waals surface area contributed by atoms with Crippen molar-refractivity contribution >= 4 is 5.82 Å². The van der Waals surface area contributed by atoms with Crippen molar-refractivity contribution in [1.29, 1.82) is 0 Å². The third-order valence-corrected chi connectivity index (χ3v) is 3.37. The summed E-state index contributed by atoms with van der Waals surface area (Å²) in [5, 5.41) is 0. The number of aromatic nitrogens is 1. The van der Waals surface area contributed by atoms with Crippen LogP contribution in [0.15, 0.2) is 36.5 Å². The number of ether oxygens (including phenoxy) is 1. The number of pyridine rings is 1. The minimum absolute atomic E-state index is 0.0164. The molecule has 0 spiro atoms. The number of nitrogens with zero attached hydrogens (tertiary/aromatic N) is 1. The highest BCUT2D eigenvalue weighted by Gasteiger charge is 2.20. The van der Waals surface area contributed by atoms with Gasteiger partial charge in [-0.05, 0) is 29.5 Å². The molecule has 0 unspecified atom stereocenters. The average Bonchev–Trinajstić information content (AvgIpc) is 2.46. The van der Waals surface area contributed by atoms with Gasteiger partial charge >= 0.3 is 0 Å². The molecule has 21 heavy (non-hydrogen) atoms. The summed E-state index contributed by atoms with van der Waals surface area (Å²) in [6.45, 7) is 8.72. The Bertz CT molecular complexity index is 618. The van der Waals surface area contributed by atoms with Gasteiger partial charge in [-0.2, -0.15) is 0 Å². The molecule has 0 aliphatic rings. The molecule has 1 heterocycles. The molecule has 0 atom stereocenters. The predicted octanol–water partition coefficient (Wildman–Crippen LogP) is 4.02. The highest BCUT2D eigenvalue weighted by molar-refractivity contribution is 5.46. The van der Waals surface area contributed by atoms with Gasteiger partial charge < -0.3 is 10.2 Å². The summed E-state index contributed by atoms with van der Waals surface area (Å²) in [4.78, 5) is 4.08. The number of nitrogens with one attached hydrogen (secondary N) is 1. The first-order chi connectivity index (χ1) is 9.94. The van der Waals surface area contributed by atoms with Crippen LogP contribution in [0.25, 0.3) is 0 Å². The Hall–Kier alpha value is -2.07. The summed E-state index contributed by atoms with van der Waals surface area (Å²) in [6.07, 6.45) is 2.68. The smallest absolute Gasteiger partial charge is 0.143 e. The first-order valence-electron chi connectivity index (χ1n) is 7.18. The van der Waals surface area contributed by atoms with Crippen molar-refractivity contribution in [3.05, 3.63) is 47.7 Å². The largest absolute Gasteiger partial charge is 0.457 e. The van der Waals surface area contributed by atoms with E-state index in [4.69, 9.17) is 10.6 Å². The maximum atomic E-state index is 6.04. The monoisotopic (exact) mass is 285 g/mol. The lowest BCUT2D eigenvalue weighted by molar-refractivity contribution is 0.454. The third kappa shape index (κ3) is 3.73. The van der Waals surface area contributed by atoms with Gasteiger partial charge in [-0.3, -0.25) is 0 Å². The molecule has 4 heteroatoms. The van der Waals surface area contributed by atoms with Gasteiger partial charge in [0.05, 0.1) is 0 Å². The van der Waals surface area contributed by atoms with Gasteiger partial charge in [-0.1, -0.05) is 39.8 Å². The molecule has 112 valence electrons. The van der Waals surface area contributed by atoms with Crippen molar-refractivity contribution in [2.75, 3.05) is 5.43 Å². The summed E-state index contributed by atoms with van der Waals surface area (Å²) >= 11 is 0. The first kappa shape index (κ1) is 15.3. The zero-order chi connectivity index (χ0) is 15.5. The summed E-state index contributed by atoms with van der Waals surface area (Å²) in [5.74, 6) is 7.54. The van der Waals surface area contributed by atoms with Crippen molar-refractivity contribution < 1.29 is 4.74 Å². The van der Waals surface area contributed by atoms with Crippen LogP contribution in [0, 0.1) is 0 Å². The number of hydrazine groups is 1. The van der Waals surface area contributed by atoms with Gasteiger partial charge in [0.2, 0.25) is 0 Å². The molecule has 0 fully saturated rings. The first-order valence-corrected chi connectivity index (χ1v) is 7.18. The Labute approximate surface area is 126 Å². The normalized spacial score (nSPS) is 11.3. The minimum Gasteiger partial charge on any atom is -0.457 e. The second-order valence-corrected chi connectivity index (χ2v) is 6.06. The van der Waals surface area contributed by atoms with E-state index in [9.17, 15) is 0 Å². The SMILES string of the molecule is CCc1ccc(Oc2ccnc(NN)c2)c(C(C)(C)C)c1. The highest BCUT2D eigenvalue weighted by atomic mass is 16.5. The van der Waals surface area contributed by atoms with Gasteiger partial charge in [-0.15, -0.1) is 0 Å². The molecule has 0 saturated carbocycles. The maximum Gasteiger partial charge on any atom is 0.143 e. The summed E-state index contributed by atoms with van der Waals surface area (Å²) < 4.78 is 6.04. The lowest BCUT2D eigenvalue weighted by atomic mass is 9.85. The second-order valence-electron chi connectivity index (χ2n) is 6.06. The number of aryl methyl sites for hydroxylation is 1. The van der Waals surface area contributed by atoms with Crippen LogP contribution in [0.4, 0.5) is 5.82 Å². The van der Waals surface area contributed by atoms with E-state index in [1.165, 1.54) is 11.1 Å². The fourth-order valence-electron chi connectivity index (χ4n) is 2.15. The molecule has 2 rings (SSSR count). The Morgan fingerprint density at radius 3 is 2.57 bits per heavy atom. The van der Waals surface area contributed by atoms with Gasteiger partial charge in [0.25, 0.3) is 0 Å². The lowest BCUT2D eigenvalue weighted by Crippen LogP contribution is -2.13. The van der Waals surface area contributed by atoms with Crippen LogP contribution in [0.3, 0.4) is 0 Å². The van der Waals surface area contributed by atoms with Crippen LogP contribution in [0.1, 0.15) is 38.8 Å². The summed E-state index contributed by atoms with van der Waals surface area (Å²) in [7, 11) is 0. The molecule has 2 aromatic rings. The van der Waals surface area contributed by atoms with Crippen LogP contribution in [0.5, 0.6) is 11.5 Å². The van der Waals surface area contributed by atoms with Crippen LogP contribution in [-0.4, -0.2) is 4.98 Å². The van der Waals surface area contributed by atoms with E-state index in [1.54, 1.807) is 12.3 Å². The van der Waals surface area contributed by atoms with E-state index in [0.717, 1.165) is 12.2 Å². The molecule has 0 amide bonds. The van der Waals surface area contributed by atoms with Crippen LogP contribution >= 0.6 is 0 Å². The van der Waals surface area contributed by atoms with Crippen LogP contribution in [-0.2, 0) is 11.8 Å². The second kappa shape index (κ2) is 6.14. The quantitative estimate of drug-likeness (QED) is 0.658.